The number of hydrogen-bond acceptors (Lipinski definition) is 4. The number of allylic oxidation sites excluding steroid dienone is 1. The number of carbonyl (C=O) groups excluding carboxylic acids is 1. The maximum Gasteiger partial charge on any atom is 0.254 e. The third-order valence-corrected chi connectivity index (χ3v) is 4.60. The number of nitrogens with zero attached hydrogens (tertiary/aromatic N) is 1. The number of ether oxygens (including phenoxy) is 1. The lowest BCUT2D eigenvalue weighted by molar-refractivity contribution is -0.131. The molecule has 2 aliphatic rings. The highest BCUT2D eigenvalue weighted by Crippen LogP contribution is 2.29. The van der Waals surface area contributed by atoms with Crippen molar-refractivity contribution >= 4 is 34.6 Å². The highest BCUT2D eigenvalue weighted by atomic mass is 32.1. The first-order valence-electron chi connectivity index (χ1n) is 6.84. The third kappa shape index (κ3) is 2.95. The standard InChI is InChI=1S/C14H17N3O2S2/c1-9-11(13(18)17-3-5-19-6-4-17)12(16-14(20)15-9)10-2-7-21-8-10/h2,7-8,12H,3-6H2,1H3,(H2,15,16,20)/t12-/m1/s1. The molecule has 3 rings (SSSR count). The minimum Gasteiger partial charge on any atom is -0.378 e. The van der Waals surface area contributed by atoms with Gasteiger partial charge in [0.1, 0.15) is 0 Å². The molecule has 1 amide bonds. The van der Waals surface area contributed by atoms with E-state index in [0.717, 1.165) is 16.8 Å². The number of thiophene rings is 1. The summed E-state index contributed by atoms with van der Waals surface area (Å²) in [5.41, 5.74) is 2.63. The van der Waals surface area contributed by atoms with Gasteiger partial charge in [0.2, 0.25) is 0 Å². The summed E-state index contributed by atoms with van der Waals surface area (Å²) in [5, 5.41) is 10.9. The van der Waals surface area contributed by atoms with Crippen molar-refractivity contribution in [1.29, 1.82) is 0 Å². The van der Waals surface area contributed by atoms with E-state index in [-0.39, 0.29) is 11.9 Å². The van der Waals surface area contributed by atoms with Gasteiger partial charge in [-0.15, -0.1) is 0 Å². The number of rotatable bonds is 2. The van der Waals surface area contributed by atoms with Crippen LogP contribution in [0.3, 0.4) is 0 Å². The first-order valence-corrected chi connectivity index (χ1v) is 8.19. The smallest absolute Gasteiger partial charge is 0.254 e. The van der Waals surface area contributed by atoms with Gasteiger partial charge in [0.15, 0.2) is 5.11 Å². The zero-order chi connectivity index (χ0) is 14.8. The Bertz CT molecular complexity index is 577. The van der Waals surface area contributed by atoms with Gasteiger partial charge in [-0.3, -0.25) is 4.79 Å². The predicted molar refractivity (Wildman–Crippen MR) is 86.0 cm³/mol. The van der Waals surface area contributed by atoms with Gasteiger partial charge in [0.05, 0.1) is 24.8 Å². The average molecular weight is 323 g/mol. The van der Waals surface area contributed by atoms with Crippen LogP contribution in [-0.4, -0.2) is 42.2 Å². The molecule has 3 heterocycles. The number of nitrogens with one attached hydrogen (secondary N) is 2. The lowest BCUT2D eigenvalue weighted by Crippen LogP contribution is -2.49. The summed E-state index contributed by atoms with van der Waals surface area (Å²) in [6.45, 7) is 4.37. The zero-order valence-electron chi connectivity index (χ0n) is 11.7. The Morgan fingerprint density at radius 1 is 1.48 bits per heavy atom. The second kappa shape index (κ2) is 6.13. The van der Waals surface area contributed by atoms with Crippen LogP contribution >= 0.6 is 23.6 Å². The normalized spacial score (nSPS) is 22.8. The largest absolute Gasteiger partial charge is 0.378 e. The minimum atomic E-state index is -0.180. The highest BCUT2D eigenvalue weighted by Gasteiger charge is 2.33. The van der Waals surface area contributed by atoms with Crippen LogP contribution in [0.15, 0.2) is 28.1 Å². The van der Waals surface area contributed by atoms with Gasteiger partial charge in [-0.2, -0.15) is 11.3 Å². The van der Waals surface area contributed by atoms with Crippen molar-refractivity contribution in [2.75, 3.05) is 26.3 Å². The summed E-state index contributed by atoms with van der Waals surface area (Å²) in [6.07, 6.45) is 0. The summed E-state index contributed by atoms with van der Waals surface area (Å²) in [6, 6.07) is 1.84. The first-order chi connectivity index (χ1) is 10.2. The number of amides is 1. The van der Waals surface area contributed by atoms with Gasteiger partial charge < -0.3 is 20.3 Å². The lowest BCUT2D eigenvalue weighted by atomic mass is 9.96. The minimum absolute atomic E-state index is 0.0505. The maximum absolute atomic E-state index is 12.9. The third-order valence-electron chi connectivity index (χ3n) is 3.67. The molecule has 21 heavy (non-hydrogen) atoms. The van der Waals surface area contributed by atoms with Crippen molar-refractivity contribution in [1.82, 2.24) is 15.5 Å². The molecule has 5 nitrogen and oxygen atoms in total. The molecule has 1 saturated heterocycles. The SMILES string of the molecule is CC1=C(C(=O)N2CCOCC2)[C@@H](c2ccsc2)NC(=S)N1. The fourth-order valence-electron chi connectivity index (χ4n) is 2.60. The number of hydrogen-bond donors (Lipinski definition) is 2. The van der Waals surface area contributed by atoms with E-state index in [1.54, 1.807) is 11.3 Å². The van der Waals surface area contributed by atoms with Gasteiger partial charge in [0.25, 0.3) is 5.91 Å². The fourth-order valence-corrected chi connectivity index (χ4v) is 3.56. The molecule has 2 N–H and O–H groups in total. The Balaban J connectivity index is 1.93. The fraction of sp³-hybridized carbons (Fsp3) is 0.429. The van der Waals surface area contributed by atoms with Crippen molar-refractivity contribution in [3.8, 4) is 0 Å². The van der Waals surface area contributed by atoms with Crippen molar-refractivity contribution in [2.45, 2.75) is 13.0 Å². The molecule has 0 bridgehead atoms. The molecule has 0 aromatic carbocycles. The van der Waals surface area contributed by atoms with Crippen LogP contribution in [0.2, 0.25) is 0 Å². The second-order valence-corrected chi connectivity index (χ2v) is 6.22. The van der Waals surface area contributed by atoms with E-state index >= 15 is 0 Å². The molecule has 7 heteroatoms. The predicted octanol–water partition coefficient (Wildman–Crippen LogP) is 1.40. The molecule has 0 radical (unpaired) electrons. The van der Waals surface area contributed by atoms with Crippen molar-refractivity contribution in [3.05, 3.63) is 33.7 Å². The second-order valence-electron chi connectivity index (χ2n) is 5.03. The van der Waals surface area contributed by atoms with Crippen molar-refractivity contribution in [3.63, 3.8) is 0 Å². The van der Waals surface area contributed by atoms with Crippen LogP contribution in [-0.2, 0) is 9.53 Å². The number of morpholine rings is 1. The van der Waals surface area contributed by atoms with Crippen molar-refractivity contribution in [2.24, 2.45) is 0 Å². The van der Waals surface area contributed by atoms with E-state index in [1.165, 1.54) is 0 Å². The van der Waals surface area contributed by atoms with Gasteiger partial charge in [-0.05, 0) is 41.5 Å². The van der Waals surface area contributed by atoms with E-state index < -0.39 is 0 Å². The van der Waals surface area contributed by atoms with Gasteiger partial charge in [-0.25, -0.2) is 0 Å². The van der Waals surface area contributed by atoms with Crippen LogP contribution < -0.4 is 10.6 Å². The molecule has 2 aliphatic heterocycles. The van der Waals surface area contributed by atoms with E-state index in [2.05, 4.69) is 10.6 Å². The molecule has 0 saturated carbocycles. The van der Waals surface area contributed by atoms with E-state index in [4.69, 9.17) is 17.0 Å². The Kier molecular flexibility index (Phi) is 4.23. The summed E-state index contributed by atoms with van der Waals surface area (Å²) < 4.78 is 5.32. The summed E-state index contributed by atoms with van der Waals surface area (Å²) in [7, 11) is 0. The lowest BCUT2D eigenvalue weighted by Gasteiger charge is -2.34. The van der Waals surface area contributed by atoms with E-state index in [9.17, 15) is 4.79 Å². The quantitative estimate of drug-likeness (QED) is 0.806. The maximum atomic E-state index is 12.9. The van der Waals surface area contributed by atoms with Gasteiger partial charge >= 0.3 is 0 Å². The van der Waals surface area contributed by atoms with Crippen molar-refractivity contribution < 1.29 is 9.53 Å². The topological polar surface area (TPSA) is 53.6 Å². The van der Waals surface area contributed by atoms with Crippen LogP contribution in [0.4, 0.5) is 0 Å². The molecule has 0 aliphatic carbocycles. The summed E-state index contributed by atoms with van der Waals surface area (Å²) in [4.78, 5) is 14.7. The van der Waals surface area contributed by atoms with Crippen LogP contribution in [0, 0.1) is 0 Å². The van der Waals surface area contributed by atoms with Crippen LogP contribution in [0.25, 0.3) is 0 Å². The molecule has 1 atom stereocenters. The molecule has 0 spiro atoms. The molecule has 1 aromatic heterocycles. The Hall–Kier alpha value is -1.44. The Morgan fingerprint density at radius 2 is 2.24 bits per heavy atom. The number of carbonyl (C=O) groups is 1. The molecular weight excluding hydrogens is 306 g/mol. The average Bonchev–Trinajstić information content (AvgIpc) is 3.01. The molecule has 112 valence electrons. The first kappa shape index (κ1) is 14.5. The number of thiocarbonyl (C=S) groups is 1. The molecular formula is C14H17N3O2S2. The summed E-state index contributed by atoms with van der Waals surface area (Å²) >= 11 is 6.85. The zero-order valence-corrected chi connectivity index (χ0v) is 13.4. The Morgan fingerprint density at radius 3 is 2.90 bits per heavy atom. The molecule has 1 aromatic rings. The van der Waals surface area contributed by atoms with Gasteiger partial charge in [-0.1, -0.05) is 0 Å². The monoisotopic (exact) mass is 323 g/mol. The molecule has 0 unspecified atom stereocenters. The Labute approximate surface area is 133 Å². The highest BCUT2D eigenvalue weighted by molar-refractivity contribution is 7.80. The van der Waals surface area contributed by atoms with Crippen LogP contribution in [0.1, 0.15) is 18.5 Å². The van der Waals surface area contributed by atoms with Gasteiger partial charge in [0, 0.05) is 18.8 Å². The molecule has 1 fully saturated rings. The van der Waals surface area contributed by atoms with E-state index in [0.29, 0.717) is 31.4 Å². The summed E-state index contributed by atoms with van der Waals surface area (Å²) in [5.74, 6) is 0.0505. The van der Waals surface area contributed by atoms with Crippen LogP contribution in [0.5, 0.6) is 0 Å². The van der Waals surface area contributed by atoms with E-state index in [1.807, 2.05) is 28.7 Å².